The van der Waals surface area contributed by atoms with Crippen molar-refractivity contribution in [2.45, 2.75) is 6.10 Å². The van der Waals surface area contributed by atoms with E-state index in [0.29, 0.717) is 22.1 Å². The van der Waals surface area contributed by atoms with Crippen LogP contribution in [0.2, 0.25) is 0 Å². The standard InChI is InChI=1S/C15H13NO5S/c1-19-15(18)13-9(6-7-22-13)16-14(17)12-8-20-10-4-2-3-5-11(10)21-12/h2-7,12H,8H2,1H3,(H,16,17). The number of anilines is 1. The van der Waals surface area contributed by atoms with Gasteiger partial charge in [0.1, 0.15) is 11.5 Å². The van der Waals surface area contributed by atoms with Gasteiger partial charge >= 0.3 is 5.97 Å². The van der Waals surface area contributed by atoms with Crippen LogP contribution in [-0.2, 0) is 9.53 Å². The second-order valence-electron chi connectivity index (χ2n) is 4.51. The number of para-hydroxylation sites is 2. The first kappa shape index (κ1) is 14.4. The molecule has 0 bridgehead atoms. The fourth-order valence-electron chi connectivity index (χ4n) is 2.02. The number of benzene rings is 1. The lowest BCUT2D eigenvalue weighted by atomic mass is 10.2. The summed E-state index contributed by atoms with van der Waals surface area (Å²) in [6.45, 7) is 0.112. The molecule has 3 rings (SSSR count). The summed E-state index contributed by atoms with van der Waals surface area (Å²) in [7, 11) is 1.29. The van der Waals surface area contributed by atoms with Crippen molar-refractivity contribution in [3.8, 4) is 11.5 Å². The number of ether oxygens (including phenoxy) is 3. The first-order chi connectivity index (χ1) is 10.7. The summed E-state index contributed by atoms with van der Waals surface area (Å²) < 4.78 is 15.8. The minimum Gasteiger partial charge on any atom is -0.485 e. The Bertz CT molecular complexity index is 711. The number of methoxy groups -OCH3 is 1. The number of carbonyl (C=O) groups is 2. The summed E-state index contributed by atoms with van der Waals surface area (Å²) >= 11 is 1.20. The Morgan fingerprint density at radius 1 is 1.27 bits per heavy atom. The van der Waals surface area contributed by atoms with Gasteiger partial charge in [0, 0.05) is 0 Å². The molecule has 6 nitrogen and oxygen atoms in total. The van der Waals surface area contributed by atoms with Crippen LogP contribution in [-0.4, -0.2) is 31.7 Å². The number of rotatable bonds is 3. The van der Waals surface area contributed by atoms with Gasteiger partial charge in [0.25, 0.3) is 5.91 Å². The number of carbonyl (C=O) groups excluding carboxylic acids is 2. The third-order valence-electron chi connectivity index (χ3n) is 3.09. The number of thiophene rings is 1. The first-order valence-corrected chi connectivity index (χ1v) is 7.42. The second kappa shape index (κ2) is 6.07. The van der Waals surface area contributed by atoms with Gasteiger partial charge in [-0.1, -0.05) is 12.1 Å². The highest BCUT2D eigenvalue weighted by atomic mass is 32.1. The Hall–Kier alpha value is -2.54. The van der Waals surface area contributed by atoms with Crippen molar-refractivity contribution in [1.82, 2.24) is 0 Å². The Morgan fingerprint density at radius 2 is 2.05 bits per heavy atom. The van der Waals surface area contributed by atoms with Crippen LogP contribution in [0.5, 0.6) is 11.5 Å². The summed E-state index contributed by atoms with van der Waals surface area (Å²) in [5, 5.41) is 4.38. The zero-order valence-electron chi connectivity index (χ0n) is 11.7. The van der Waals surface area contributed by atoms with Crippen LogP contribution in [0.15, 0.2) is 35.7 Å². The third-order valence-corrected chi connectivity index (χ3v) is 3.99. The molecule has 2 aromatic rings. The lowest BCUT2D eigenvalue weighted by molar-refractivity contribution is -0.125. The lowest BCUT2D eigenvalue weighted by Crippen LogP contribution is -2.40. The fraction of sp³-hybridized carbons (Fsp3) is 0.200. The summed E-state index contributed by atoms with van der Waals surface area (Å²) in [5.74, 6) is 0.263. The first-order valence-electron chi connectivity index (χ1n) is 6.54. The van der Waals surface area contributed by atoms with Crippen LogP contribution in [0.1, 0.15) is 9.67 Å². The Labute approximate surface area is 130 Å². The summed E-state index contributed by atoms with van der Waals surface area (Å²) in [4.78, 5) is 24.2. The number of amides is 1. The predicted molar refractivity (Wildman–Crippen MR) is 80.6 cm³/mol. The number of esters is 1. The SMILES string of the molecule is COC(=O)c1sccc1NC(=O)C1COc2ccccc2O1. The number of hydrogen-bond donors (Lipinski definition) is 1. The maximum Gasteiger partial charge on any atom is 0.350 e. The van der Waals surface area contributed by atoms with Gasteiger partial charge in [-0.3, -0.25) is 4.79 Å². The van der Waals surface area contributed by atoms with Gasteiger partial charge in [-0.15, -0.1) is 11.3 Å². The van der Waals surface area contributed by atoms with Crippen LogP contribution < -0.4 is 14.8 Å². The van der Waals surface area contributed by atoms with Crippen molar-refractivity contribution in [3.05, 3.63) is 40.6 Å². The second-order valence-corrected chi connectivity index (χ2v) is 5.42. The summed E-state index contributed by atoms with van der Waals surface area (Å²) in [5.41, 5.74) is 0.407. The molecule has 2 heterocycles. The van der Waals surface area contributed by atoms with E-state index in [2.05, 4.69) is 10.1 Å². The maximum absolute atomic E-state index is 12.3. The Kier molecular flexibility index (Phi) is 3.97. The molecule has 1 N–H and O–H groups in total. The molecule has 1 unspecified atom stereocenters. The van der Waals surface area contributed by atoms with E-state index in [-0.39, 0.29) is 12.5 Å². The zero-order valence-corrected chi connectivity index (χ0v) is 12.5. The number of nitrogens with one attached hydrogen (secondary N) is 1. The van der Waals surface area contributed by atoms with Crippen molar-refractivity contribution in [3.63, 3.8) is 0 Å². The quantitative estimate of drug-likeness (QED) is 0.879. The highest BCUT2D eigenvalue weighted by molar-refractivity contribution is 7.12. The molecule has 1 aliphatic rings. The molecule has 22 heavy (non-hydrogen) atoms. The fourth-order valence-corrected chi connectivity index (χ4v) is 2.79. The molecular weight excluding hydrogens is 306 g/mol. The van der Waals surface area contributed by atoms with E-state index in [1.165, 1.54) is 18.4 Å². The van der Waals surface area contributed by atoms with Gasteiger partial charge in [-0.25, -0.2) is 4.79 Å². The molecule has 0 saturated carbocycles. The summed E-state index contributed by atoms with van der Waals surface area (Å²) in [6.07, 6.45) is -0.778. The molecule has 0 radical (unpaired) electrons. The van der Waals surface area contributed by atoms with Crippen molar-refractivity contribution < 1.29 is 23.8 Å². The molecule has 0 saturated heterocycles. The van der Waals surface area contributed by atoms with Crippen molar-refractivity contribution in [2.24, 2.45) is 0 Å². The van der Waals surface area contributed by atoms with Gasteiger partial charge in [0.05, 0.1) is 12.8 Å². The Balaban J connectivity index is 1.71. The zero-order chi connectivity index (χ0) is 15.5. The molecule has 1 aromatic carbocycles. The molecule has 1 amide bonds. The third kappa shape index (κ3) is 2.75. The van der Waals surface area contributed by atoms with Crippen LogP contribution in [0.25, 0.3) is 0 Å². The largest absolute Gasteiger partial charge is 0.485 e. The van der Waals surface area contributed by atoms with Crippen molar-refractivity contribution in [2.75, 3.05) is 19.0 Å². The monoisotopic (exact) mass is 319 g/mol. The van der Waals surface area contributed by atoms with Gasteiger partial charge < -0.3 is 19.5 Å². The predicted octanol–water partition coefficient (Wildman–Crippen LogP) is 2.31. The molecule has 1 atom stereocenters. The van der Waals surface area contributed by atoms with E-state index in [1.54, 1.807) is 29.6 Å². The highest BCUT2D eigenvalue weighted by Gasteiger charge is 2.28. The molecule has 1 aliphatic heterocycles. The van der Waals surface area contributed by atoms with Gasteiger partial charge in [0.15, 0.2) is 11.5 Å². The normalized spacial score (nSPS) is 16.0. The average molecular weight is 319 g/mol. The maximum atomic E-state index is 12.3. The number of fused-ring (bicyclic) bond motifs is 1. The molecule has 0 fully saturated rings. The van der Waals surface area contributed by atoms with E-state index >= 15 is 0 Å². The molecule has 0 aliphatic carbocycles. The van der Waals surface area contributed by atoms with E-state index in [0.717, 1.165) is 0 Å². The Morgan fingerprint density at radius 3 is 2.82 bits per heavy atom. The summed E-state index contributed by atoms with van der Waals surface area (Å²) in [6, 6.07) is 8.79. The van der Waals surface area contributed by atoms with Crippen LogP contribution in [0.4, 0.5) is 5.69 Å². The van der Waals surface area contributed by atoms with E-state index in [1.807, 2.05) is 6.07 Å². The molecule has 7 heteroatoms. The average Bonchev–Trinajstić information content (AvgIpc) is 3.01. The van der Waals surface area contributed by atoms with Gasteiger partial charge in [0.2, 0.25) is 6.10 Å². The number of hydrogen-bond acceptors (Lipinski definition) is 6. The van der Waals surface area contributed by atoms with E-state index in [4.69, 9.17) is 9.47 Å². The van der Waals surface area contributed by atoms with Gasteiger partial charge in [-0.05, 0) is 23.6 Å². The van der Waals surface area contributed by atoms with Crippen molar-refractivity contribution >= 4 is 28.9 Å². The highest BCUT2D eigenvalue weighted by Crippen LogP contribution is 2.31. The van der Waals surface area contributed by atoms with Crippen LogP contribution in [0.3, 0.4) is 0 Å². The smallest absolute Gasteiger partial charge is 0.350 e. The molecule has 1 aromatic heterocycles. The minimum atomic E-state index is -0.778. The van der Waals surface area contributed by atoms with E-state index < -0.39 is 12.1 Å². The molecule has 114 valence electrons. The van der Waals surface area contributed by atoms with Gasteiger partial charge in [-0.2, -0.15) is 0 Å². The topological polar surface area (TPSA) is 73.9 Å². The van der Waals surface area contributed by atoms with Crippen molar-refractivity contribution in [1.29, 1.82) is 0 Å². The lowest BCUT2D eigenvalue weighted by Gasteiger charge is -2.25. The van der Waals surface area contributed by atoms with Crippen LogP contribution >= 0.6 is 11.3 Å². The van der Waals surface area contributed by atoms with E-state index in [9.17, 15) is 9.59 Å². The molecule has 0 spiro atoms. The molecular formula is C15H13NO5S. The van der Waals surface area contributed by atoms with Crippen LogP contribution in [0, 0.1) is 0 Å². The minimum absolute atomic E-state index is 0.112.